The minimum absolute atomic E-state index is 0.144. The molecule has 0 saturated carbocycles. The van der Waals surface area contributed by atoms with Gasteiger partial charge in [-0.2, -0.15) is 5.10 Å². The van der Waals surface area contributed by atoms with Crippen molar-refractivity contribution < 1.29 is 4.21 Å². The van der Waals surface area contributed by atoms with E-state index in [4.69, 9.17) is 16.6 Å². The fraction of sp³-hybridized carbons (Fsp3) is 0.714. The number of rotatable bonds is 3. The minimum atomic E-state index is -0.664. The molecule has 1 aliphatic rings. The Labute approximate surface area is 132 Å². The summed E-state index contributed by atoms with van der Waals surface area (Å²) in [5.74, 6) is 2.43. The molecule has 5 nitrogen and oxygen atoms in total. The second-order valence-electron chi connectivity index (χ2n) is 5.63. The van der Waals surface area contributed by atoms with E-state index in [0.29, 0.717) is 6.04 Å². The topological polar surface area (TPSA) is 52.7 Å². The molecule has 0 N–H and O–H groups in total. The highest BCUT2D eigenvalue weighted by Gasteiger charge is 2.28. The smallest absolute Gasteiger partial charge is 0.158 e. The lowest BCUT2D eigenvalue weighted by Gasteiger charge is -2.25. The van der Waals surface area contributed by atoms with Crippen LogP contribution >= 0.6 is 11.6 Å². The van der Waals surface area contributed by atoms with Gasteiger partial charge in [0.25, 0.3) is 0 Å². The van der Waals surface area contributed by atoms with Crippen LogP contribution in [-0.4, -0.2) is 35.0 Å². The van der Waals surface area contributed by atoms with Crippen LogP contribution in [0.4, 0.5) is 0 Å². The largest absolute Gasteiger partial charge is 0.308 e. The number of aromatic nitrogens is 4. The number of fused-ring (bicyclic) bond motifs is 1. The van der Waals surface area contributed by atoms with Crippen molar-refractivity contribution in [2.45, 2.75) is 44.5 Å². The summed E-state index contributed by atoms with van der Waals surface area (Å²) in [6.07, 6.45) is 2.70. The number of imidazole rings is 1. The summed E-state index contributed by atoms with van der Waals surface area (Å²) in [5, 5.41) is 4.43. The minimum Gasteiger partial charge on any atom is -0.308 e. The fourth-order valence-electron chi connectivity index (χ4n) is 3.14. The summed E-state index contributed by atoms with van der Waals surface area (Å²) in [7, 11) is 1.30. The van der Waals surface area contributed by atoms with Crippen molar-refractivity contribution in [3.05, 3.63) is 11.5 Å². The van der Waals surface area contributed by atoms with E-state index in [2.05, 4.69) is 16.6 Å². The van der Waals surface area contributed by atoms with Gasteiger partial charge in [0, 0.05) is 35.4 Å². The molecule has 0 amide bonds. The van der Waals surface area contributed by atoms with E-state index >= 15 is 0 Å². The Hall–Kier alpha value is -0.880. The highest BCUT2D eigenvalue weighted by Crippen LogP contribution is 2.33. The zero-order valence-corrected chi connectivity index (χ0v) is 14.2. The van der Waals surface area contributed by atoms with Crippen LogP contribution in [0.5, 0.6) is 0 Å². The maximum atomic E-state index is 11.6. The number of aryl methyl sites for hydroxylation is 2. The Morgan fingerprint density at radius 1 is 1.43 bits per heavy atom. The van der Waals surface area contributed by atoms with Gasteiger partial charge in [0.15, 0.2) is 5.65 Å². The van der Waals surface area contributed by atoms with Gasteiger partial charge in [-0.3, -0.25) is 8.89 Å². The Morgan fingerprint density at radius 3 is 2.67 bits per heavy atom. The van der Waals surface area contributed by atoms with E-state index in [1.165, 1.54) is 0 Å². The third-order valence-electron chi connectivity index (χ3n) is 4.18. The quantitative estimate of drug-likeness (QED) is 0.814. The highest BCUT2D eigenvalue weighted by molar-refractivity contribution is 7.85. The molecule has 116 valence electrons. The predicted octanol–water partition coefficient (Wildman–Crippen LogP) is 2.72. The molecule has 1 saturated heterocycles. The van der Waals surface area contributed by atoms with Crippen LogP contribution in [0.1, 0.15) is 49.6 Å². The third-order valence-corrected chi connectivity index (χ3v) is 5.75. The molecule has 2 aromatic rings. The van der Waals surface area contributed by atoms with Crippen molar-refractivity contribution in [1.82, 2.24) is 19.3 Å². The number of alkyl halides is 1. The summed E-state index contributed by atoms with van der Waals surface area (Å²) in [5.41, 5.74) is 3.03. The molecule has 0 radical (unpaired) electrons. The number of hydrogen-bond acceptors (Lipinski definition) is 3. The molecule has 7 heteroatoms. The third kappa shape index (κ3) is 2.52. The first kappa shape index (κ1) is 15.0. The molecular weight excluding hydrogens is 308 g/mol. The Kier molecular flexibility index (Phi) is 4.10. The summed E-state index contributed by atoms with van der Waals surface area (Å²) in [6, 6.07) is 0.323. The molecule has 3 rings (SSSR count). The van der Waals surface area contributed by atoms with Crippen molar-refractivity contribution in [3.63, 3.8) is 0 Å². The summed E-state index contributed by atoms with van der Waals surface area (Å²) in [4.78, 5) is 4.77. The zero-order valence-electron chi connectivity index (χ0n) is 12.7. The molecule has 3 heterocycles. The van der Waals surface area contributed by atoms with Crippen LogP contribution in [0, 0.1) is 0 Å². The van der Waals surface area contributed by atoms with E-state index in [-0.39, 0.29) is 5.38 Å². The van der Waals surface area contributed by atoms with E-state index in [9.17, 15) is 4.21 Å². The van der Waals surface area contributed by atoms with Crippen molar-refractivity contribution in [3.8, 4) is 0 Å². The van der Waals surface area contributed by atoms with Crippen LogP contribution < -0.4 is 0 Å². The predicted molar refractivity (Wildman–Crippen MR) is 86.3 cm³/mol. The Bertz CT molecular complexity index is 681. The molecule has 1 fully saturated rings. The van der Waals surface area contributed by atoms with Gasteiger partial charge < -0.3 is 4.57 Å². The Morgan fingerprint density at radius 2 is 2.10 bits per heavy atom. The van der Waals surface area contributed by atoms with Gasteiger partial charge in [0.05, 0.1) is 11.1 Å². The molecule has 0 bridgehead atoms. The van der Waals surface area contributed by atoms with Crippen molar-refractivity contribution in [1.29, 1.82) is 0 Å². The van der Waals surface area contributed by atoms with Crippen LogP contribution in [0.15, 0.2) is 0 Å². The fourth-order valence-corrected chi connectivity index (χ4v) is 4.57. The molecule has 0 spiro atoms. The van der Waals surface area contributed by atoms with Crippen LogP contribution in [0.25, 0.3) is 11.2 Å². The van der Waals surface area contributed by atoms with E-state index in [1.54, 1.807) is 0 Å². The summed E-state index contributed by atoms with van der Waals surface area (Å²) in [6.45, 7) is 4.05. The lowest BCUT2D eigenvalue weighted by atomic mass is 10.1. The number of hydrogen-bond donors (Lipinski definition) is 0. The molecule has 1 unspecified atom stereocenters. The SMILES string of the molecule is CCc1nn(C)c2c1nc(C(C)Cl)n2C1CCS(=O)CC1. The van der Waals surface area contributed by atoms with Gasteiger partial charge in [-0.25, -0.2) is 4.98 Å². The van der Waals surface area contributed by atoms with Crippen LogP contribution in [0.2, 0.25) is 0 Å². The molecule has 2 aromatic heterocycles. The molecule has 1 aliphatic heterocycles. The molecule has 0 aliphatic carbocycles. The van der Waals surface area contributed by atoms with E-state index in [1.807, 2.05) is 18.7 Å². The Balaban J connectivity index is 2.16. The standard InChI is InChI=1S/C14H21ClN4OS/c1-4-11-12-14(18(3)17-11)19(13(16-12)9(2)15)10-5-7-21(20)8-6-10/h9-10H,4-8H2,1-3H3. The van der Waals surface area contributed by atoms with Gasteiger partial charge in [-0.05, 0) is 26.2 Å². The van der Waals surface area contributed by atoms with Gasteiger partial charge in [-0.1, -0.05) is 6.92 Å². The van der Waals surface area contributed by atoms with Gasteiger partial charge in [0.2, 0.25) is 0 Å². The number of halogens is 1. The average Bonchev–Trinajstić information content (AvgIpc) is 2.98. The maximum absolute atomic E-state index is 11.6. The first-order valence-electron chi connectivity index (χ1n) is 7.45. The number of nitrogens with zero attached hydrogens (tertiary/aromatic N) is 4. The second kappa shape index (κ2) is 5.72. The van der Waals surface area contributed by atoms with Crippen molar-refractivity contribution in [2.24, 2.45) is 7.05 Å². The van der Waals surface area contributed by atoms with Gasteiger partial charge >= 0.3 is 0 Å². The first-order valence-corrected chi connectivity index (χ1v) is 9.38. The van der Waals surface area contributed by atoms with Crippen molar-refractivity contribution >= 4 is 33.6 Å². The summed E-state index contributed by atoms with van der Waals surface area (Å²) < 4.78 is 15.8. The van der Waals surface area contributed by atoms with Gasteiger partial charge in [-0.15, -0.1) is 11.6 Å². The van der Waals surface area contributed by atoms with E-state index in [0.717, 1.165) is 53.5 Å². The van der Waals surface area contributed by atoms with Crippen LogP contribution in [-0.2, 0) is 24.3 Å². The monoisotopic (exact) mass is 328 g/mol. The molecule has 21 heavy (non-hydrogen) atoms. The van der Waals surface area contributed by atoms with Crippen molar-refractivity contribution in [2.75, 3.05) is 11.5 Å². The molecule has 0 aromatic carbocycles. The molecule has 1 atom stereocenters. The average molecular weight is 329 g/mol. The lowest BCUT2D eigenvalue weighted by Crippen LogP contribution is -2.24. The summed E-state index contributed by atoms with van der Waals surface area (Å²) >= 11 is 6.36. The maximum Gasteiger partial charge on any atom is 0.158 e. The highest BCUT2D eigenvalue weighted by atomic mass is 35.5. The van der Waals surface area contributed by atoms with Crippen LogP contribution in [0.3, 0.4) is 0 Å². The molecular formula is C14H21ClN4OS. The van der Waals surface area contributed by atoms with E-state index < -0.39 is 10.8 Å². The zero-order chi connectivity index (χ0) is 15.1. The second-order valence-corrected chi connectivity index (χ2v) is 7.98. The lowest BCUT2D eigenvalue weighted by molar-refractivity contribution is 0.450. The normalized spacial score (nSPS) is 24.6. The first-order chi connectivity index (χ1) is 10.0. The van der Waals surface area contributed by atoms with Gasteiger partial charge in [0.1, 0.15) is 11.3 Å².